The van der Waals surface area contributed by atoms with Gasteiger partial charge >= 0.3 is 0 Å². The Balaban J connectivity index is 1.85. The number of thiazole rings is 1. The molecule has 0 aliphatic rings. The minimum Gasteiger partial charge on any atom is -0.351 e. The molecular formula is C15H21N3OS2. The summed E-state index contributed by atoms with van der Waals surface area (Å²) < 4.78 is 2.08. The van der Waals surface area contributed by atoms with E-state index in [4.69, 9.17) is 5.73 Å². The zero-order valence-corrected chi connectivity index (χ0v) is 14.0. The number of carbonyl (C=O) groups excluding carboxylic acids is 1. The van der Waals surface area contributed by atoms with Gasteiger partial charge in [-0.15, -0.1) is 11.3 Å². The quantitative estimate of drug-likeness (QED) is 0.769. The average molecular weight is 323 g/mol. The number of nitrogens with two attached hydrogens (primary N) is 1. The lowest BCUT2D eigenvalue weighted by Crippen LogP contribution is -2.41. The molecule has 1 aromatic carbocycles. The number of aromatic nitrogens is 1. The van der Waals surface area contributed by atoms with Crippen LogP contribution in [-0.2, 0) is 4.79 Å². The van der Waals surface area contributed by atoms with Crippen LogP contribution in [0.3, 0.4) is 0 Å². The Hall–Kier alpha value is -1.11. The van der Waals surface area contributed by atoms with Crippen molar-refractivity contribution in [3.05, 3.63) is 24.3 Å². The number of nitrogens with zero attached hydrogens (tertiary/aromatic N) is 1. The van der Waals surface area contributed by atoms with Gasteiger partial charge in [-0.2, -0.15) is 0 Å². The van der Waals surface area contributed by atoms with Gasteiger partial charge in [0.2, 0.25) is 5.91 Å². The summed E-state index contributed by atoms with van der Waals surface area (Å²) in [6, 6.07) is 8.07. The Morgan fingerprint density at radius 2 is 2.19 bits per heavy atom. The third-order valence-corrected chi connectivity index (χ3v) is 5.19. The predicted octanol–water partition coefficient (Wildman–Crippen LogP) is 2.88. The van der Waals surface area contributed by atoms with Gasteiger partial charge in [-0.05, 0) is 24.5 Å². The number of hydrogen-bond acceptors (Lipinski definition) is 5. The van der Waals surface area contributed by atoms with Crippen molar-refractivity contribution in [1.29, 1.82) is 0 Å². The van der Waals surface area contributed by atoms with E-state index in [0.29, 0.717) is 18.2 Å². The van der Waals surface area contributed by atoms with Crippen LogP contribution < -0.4 is 11.1 Å². The number of amides is 1. The van der Waals surface area contributed by atoms with Gasteiger partial charge in [-0.25, -0.2) is 4.98 Å². The minimum absolute atomic E-state index is 0.0235. The summed E-state index contributed by atoms with van der Waals surface area (Å²) >= 11 is 3.10. The molecular weight excluding hydrogens is 302 g/mol. The standard InChI is InChI=1S/C15H21N3OS2/c1-10(2)7-11(8-16)17-14(19)9-20-15-18-12-5-3-4-6-13(12)21-15/h3-6,10-11H,7-9,16H2,1-2H3,(H,17,19). The second-order valence-corrected chi connectivity index (χ2v) is 7.62. The number of nitrogens with one attached hydrogen (secondary N) is 1. The highest BCUT2D eigenvalue weighted by atomic mass is 32.2. The smallest absolute Gasteiger partial charge is 0.230 e. The van der Waals surface area contributed by atoms with Crippen molar-refractivity contribution < 1.29 is 4.79 Å². The first-order valence-corrected chi connectivity index (χ1v) is 8.86. The van der Waals surface area contributed by atoms with Crippen molar-refractivity contribution in [2.45, 2.75) is 30.6 Å². The van der Waals surface area contributed by atoms with Crippen LogP contribution in [0.1, 0.15) is 20.3 Å². The molecule has 1 atom stereocenters. The summed E-state index contributed by atoms with van der Waals surface area (Å²) in [7, 11) is 0. The van der Waals surface area contributed by atoms with Gasteiger partial charge < -0.3 is 11.1 Å². The topological polar surface area (TPSA) is 68.0 Å². The van der Waals surface area contributed by atoms with Crippen LogP contribution in [0.2, 0.25) is 0 Å². The third kappa shape index (κ3) is 4.98. The number of thioether (sulfide) groups is 1. The van der Waals surface area contributed by atoms with E-state index < -0.39 is 0 Å². The van der Waals surface area contributed by atoms with Gasteiger partial charge in [-0.3, -0.25) is 4.79 Å². The highest BCUT2D eigenvalue weighted by Crippen LogP contribution is 2.29. The first-order valence-electron chi connectivity index (χ1n) is 7.06. The molecule has 1 amide bonds. The van der Waals surface area contributed by atoms with E-state index in [2.05, 4.69) is 24.1 Å². The van der Waals surface area contributed by atoms with E-state index >= 15 is 0 Å². The molecule has 21 heavy (non-hydrogen) atoms. The van der Waals surface area contributed by atoms with E-state index in [-0.39, 0.29) is 11.9 Å². The number of carbonyl (C=O) groups is 1. The first kappa shape index (κ1) is 16.3. The molecule has 2 aromatic rings. The summed E-state index contributed by atoms with van der Waals surface area (Å²) in [4.78, 5) is 16.5. The number of para-hydroxylation sites is 1. The summed E-state index contributed by atoms with van der Waals surface area (Å²) in [5.74, 6) is 0.931. The lowest BCUT2D eigenvalue weighted by molar-refractivity contribution is -0.119. The Bertz CT molecular complexity index is 564. The molecule has 3 N–H and O–H groups in total. The van der Waals surface area contributed by atoms with E-state index in [1.54, 1.807) is 11.3 Å². The molecule has 114 valence electrons. The number of fused-ring (bicyclic) bond motifs is 1. The molecule has 0 aliphatic carbocycles. The van der Waals surface area contributed by atoms with Crippen molar-refractivity contribution in [2.75, 3.05) is 12.3 Å². The fraction of sp³-hybridized carbons (Fsp3) is 0.467. The SMILES string of the molecule is CC(C)CC(CN)NC(=O)CSc1nc2ccccc2s1. The van der Waals surface area contributed by atoms with Crippen LogP contribution in [0.4, 0.5) is 0 Å². The van der Waals surface area contributed by atoms with Crippen molar-refractivity contribution in [3.8, 4) is 0 Å². The largest absolute Gasteiger partial charge is 0.351 e. The lowest BCUT2D eigenvalue weighted by Gasteiger charge is -2.18. The summed E-state index contributed by atoms with van der Waals surface area (Å²) in [5, 5.41) is 2.99. The molecule has 0 fully saturated rings. The van der Waals surface area contributed by atoms with E-state index in [9.17, 15) is 4.79 Å². The maximum Gasteiger partial charge on any atom is 0.230 e. The molecule has 1 aromatic heterocycles. The molecule has 1 unspecified atom stereocenters. The number of rotatable bonds is 7. The van der Waals surface area contributed by atoms with Crippen LogP contribution in [-0.4, -0.2) is 29.2 Å². The van der Waals surface area contributed by atoms with Crippen LogP contribution in [0.15, 0.2) is 28.6 Å². The average Bonchev–Trinajstić information content (AvgIpc) is 2.86. The van der Waals surface area contributed by atoms with Crippen molar-refractivity contribution in [3.63, 3.8) is 0 Å². The molecule has 0 radical (unpaired) electrons. The molecule has 1 heterocycles. The maximum absolute atomic E-state index is 12.0. The zero-order valence-electron chi connectivity index (χ0n) is 12.3. The second kappa shape index (κ2) is 7.77. The Morgan fingerprint density at radius 1 is 1.43 bits per heavy atom. The Kier molecular flexibility index (Phi) is 6.02. The second-order valence-electron chi connectivity index (χ2n) is 5.37. The normalized spacial score (nSPS) is 12.8. The zero-order chi connectivity index (χ0) is 15.2. The maximum atomic E-state index is 12.0. The Labute approximate surface area is 133 Å². The van der Waals surface area contributed by atoms with Gasteiger partial charge in [0.15, 0.2) is 4.34 Å². The van der Waals surface area contributed by atoms with Gasteiger partial charge in [-0.1, -0.05) is 37.7 Å². The lowest BCUT2D eigenvalue weighted by atomic mass is 10.0. The van der Waals surface area contributed by atoms with E-state index in [1.165, 1.54) is 11.8 Å². The summed E-state index contributed by atoms with van der Waals surface area (Å²) in [6.07, 6.45) is 0.911. The van der Waals surface area contributed by atoms with E-state index in [1.807, 2.05) is 24.3 Å². The van der Waals surface area contributed by atoms with Gasteiger partial charge in [0, 0.05) is 12.6 Å². The number of benzene rings is 1. The van der Waals surface area contributed by atoms with Gasteiger partial charge in [0.1, 0.15) is 0 Å². The van der Waals surface area contributed by atoms with Crippen LogP contribution in [0.5, 0.6) is 0 Å². The van der Waals surface area contributed by atoms with Gasteiger partial charge in [0.25, 0.3) is 0 Å². The monoisotopic (exact) mass is 323 g/mol. The minimum atomic E-state index is 0.0235. The third-order valence-electron chi connectivity index (χ3n) is 3.01. The fourth-order valence-corrected chi connectivity index (χ4v) is 3.97. The molecule has 0 bridgehead atoms. The fourth-order valence-electron chi connectivity index (χ4n) is 2.09. The molecule has 0 saturated carbocycles. The van der Waals surface area contributed by atoms with E-state index in [0.717, 1.165) is 21.0 Å². The molecule has 0 aliphatic heterocycles. The van der Waals surface area contributed by atoms with Crippen molar-refractivity contribution in [2.24, 2.45) is 11.7 Å². The highest BCUT2D eigenvalue weighted by Gasteiger charge is 2.13. The van der Waals surface area contributed by atoms with Gasteiger partial charge in [0.05, 0.1) is 16.0 Å². The number of hydrogen-bond donors (Lipinski definition) is 2. The van der Waals surface area contributed by atoms with Crippen LogP contribution >= 0.6 is 23.1 Å². The molecule has 4 nitrogen and oxygen atoms in total. The van der Waals surface area contributed by atoms with Crippen molar-refractivity contribution >= 4 is 39.2 Å². The summed E-state index contributed by atoms with van der Waals surface area (Å²) in [5.41, 5.74) is 6.69. The molecule has 0 spiro atoms. The molecule has 0 saturated heterocycles. The van der Waals surface area contributed by atoms with Crippen molar-refractivity contribution in [1.82, 2.24) is 10.3 Å². The Morgan fingerprint density at radius 3 is 2.86 bits per heavy atom. The van der Waals surface area contributed by atoms with Crippen LogP contribution in [0.25, 0.3) is 10.2 Å². The highest BCUT2D eigenvalue weighted by molar-refractivity contribution is 8.01. The first-order chi connectivity index (χ1) is 10.1. The molecule has 6 heteroatoms. The molecule has 2 rings (SSSR count). The van der Waals surface area contributed by atoms with Crippen LogP contribution in [0, 0.1) is 5.92 Å². The predicted molar refractivity (Wildman–Crippen MR) is 90.8 cm³/mol. The summed E-state index contributed by atoms with van der Waals surface area (Å²) in [6.45, 7) is 4.74.